The smallest absolute Gasteiger partial charge is 0.119 e. The largest absolute Gasteiger partial charge is 0.508 e. The summed E-state index contributed by atoms with van der Waals surface area (Å²) >= 11 is 0. The Morgan fingerprint density at radius 3 is 2.53 bits per heavy atom. The Labute approximate surface area is 103 Å². The molecule has 0 atom stereocenters. The van der Waals surface area contributed by atoms with Crippen LogP contribution in [0.4, 0.5) is 0 Å². The molecule has 17 heavy (non-hydrogen) atoms. The maximum atomic E-state index is 10.1. The first-order valence-corrected chi connectivity index (χ1v) is 6.59. The van der Waals surface area contributed by atoms with E-state index in [9.17, 15) is 5.11 Å². The quantitative estimate of drug-likeness (QED) is 0.843. The Morgan fingerprint density at radius 2 is 1.88 bits per heavy atom. The first-order valence-electron chi connectivity index (χ1n) is 6.59. The van der Waals surface area contributed by atoms with Gasteiger partial charge in [-0.2, -0.15) is 0 Å². The van der Waals surface area contributed by atoms with Crippen LogP contribution in [0.15, 0.2) is 18.2 Å². The molecule has 94 valence electrons. The minimum absolute atomic E-state index is 0.119. The summed E-state index contributed by atoms with van der Waals surface area (Å²) < 4.78 is 0. The van der Waals surface area contributed by atoms with Gasteiger partial charge in [-0.3, -0.25) is 0 Å². The van der Waals surface area contributed by atoms with Gasteiger partial charge in [0.2, 0.25) is 0 Å². The third kappa shape index (κ3) is 2.63. The van der Waals surface area contributed by atoms with Crippen molar-refractivity contribution < 1.29 is 10.2 Å². The van der Waals surface area contributed by atoms with Crippen molar-refractivity contribution in [3.8, 4) is 5.75 Å². The molecule has 0 spiro atoms. The Bertz CT molecular complexity index is 379. The Morgan fingerprint density at radius 1 is 1.18 bits per heavy atom. The summed E-state index contributed by atoms with van der Waals surface area (Å²) in [4.78, 5) is 0. The number of aromatic hydroxyl groups is 1. The van der Waals surface area contributed by atoms with Gasteiger partial charge in [0.25, 0.3) is 0 Å². The van der Waals surface area contributed by atoms with Crippen molar-refractivity contribution >= 4 is 0 Å². The molecule has 0 heterocycles. The fourth-order valence-electron chi connectivity index (χ4n) is 2.95. The fourth-order valence-corrected chi connectivity index (χ4v) is 2.95. The van der Waals surface area contributed by atoms with Crippen molar-refractivity contribution in [2.24, 2.45) is 0 Å². The van der Waals surface area contributed by atoms with Crippen molar-refractivity contribution in [1.29, 1.82) is 0 Å². The Kier molecular flexibility index (Phi) is 3.72. The van der Waals surface area contributed by atoms with Crippen LogP contribution in [0, 0.1) is 0 Å². The molecule has 0 radical (unpaired) electrons. The van der Waals surface area contributed by atoms with Gasteiger partial charge in [-0.25, -0.2) is 0 Å². The van der Waals surface area contributed by atoms with E-state index >= 15 is 0 Å². The van der Waals surface area contributed by atoms with Crippen LogP contribution in [0.2, 0.25) is 0 Å². The molecule has 0 aliphatic heterocycles. The van der Waals surface area contributed by atoms with Crippen molar-refractivity contribution in [3.05, 3.63) is 29.3 Å². The minimum atomic E-state index is 0.119. The number of aliphatic hydroxyl groups excluding tert-OH is 1. The van der Waals surface area contributed by atoms with Gasteiger partial charge in [-0.1, -0.05) is 38.3 Å². The second-order valence-corrected chi connectivity index (χ2v) is 5.45. The topological polar surface area (TPSA) is 40.5 Å². The number of hydrogen-bond donors (Lipinski definition) is 2. The first-order chi connectivity index (χ1) is 8.15. The van der Waals surface area contributed by atoms with Crippen LogP contribution in [-0.4, -0.2) is 16.8 Å². The van der Waals surface area contributed by atoms with E-state index in [-0.39, 0.29) is 12.0 Å². The lowest BCUT2D eigenvalue weighted by Gasteiger charge is -2.34. The molecule has 2 rings (SSSR count). The van der Waals surface area contributed by atoms with Gasteiger partial charge >= 0.3 is 0 Å². The number of benzene rings is 1. The van der Waals surface area contributed by atoms with Gasteiger partial charge < -0.3 is 10.2 Å². The minimum Gasteiger partial charge on any atom is -0.508 e. The molecular formula is C15H22O2. The van der Waals surface area contributed by atoms with Crippen molar-refractivity contribution in [3.63, 3.8) is 0 Å². The Hall–Kier alpha value is -1.02. The van der Waals surface area contributed by atoms with E-state index < -0.39 is 0 Å². The van der Waals surface area contributed by atoms with E-state index in [4.69, 9.17) is 5.11 Å². The van der Waals surface area contributed by atoms with E-state index in [1.807, 2.05) is 6.07 Å². The molecule has 2 N–H and O–H groups in total. The molecular weight excluding hydrogens is 212 g/mol. The molecule has 2 nitrogen and oxygen atoms in total. The van der Waals surface area contributed by atoms with Crippen LogP contribution in [0.25, 0.3) is 0 Å². The third-order valence-electron chi connectivity index (χ3n) is 4.07. The van der Waals surface area contributed by atoms with Crippen LogP contribution in [0.5, 0.6) is 5.75 Å². The van der Waals surface area contributed by atoms with E-state index in [1.54, 1.807) is 6.07 Å². The molecule has 0 amide bonds. The van der Waals surface area contributed by atoms with Crippen LogP contribution >= 0.6 is 0 Å². The number of rotatable bonds is 3. The Balaban J connectivity index is 2.31. The summed E-state index contributed by atoms with van der Waals surface area (Å²) in [5.41, 5.74) is 2.31. The maximum absolute atomic E-state index is 10.1. The highest BCUT2D eigenvalue weighted by Gasteiger charge is 2.31. The predicted molar refractivity (Wildman–Crippen MR) is 69.3 cm³/mol. The van der Waals surface area contributed by atoms with E-state index in [1.165, 1.54) is 19.3 Å². The molecule has 1 aromatic rings. The van der Waals surface area contributed by atoms with Gasteiger partial charge in [0, 0.05) is 12.2 Å². The SMILES string of the molecule is CC1(c2cc(CCO)ccc2O)CCCCC1. The molecule has 0 aromatic heterocycles. The van der Waals surface area contributed by atoms with Gasteiger partial charge in [-0.15, -0.1) is 0 Å². The second-order valence-electron chi connectivity index (χ2n) is 5.45. The van der Waals surface area contributed by atoms with Crippen LogP contribution < -0.4 is 0 Å². The van der Waals surface area contributed by atoms with E-state index in [2.05, 4.69) is 13.0 Å². The normalized spacial score (nSPS) is 19.2. The zero-order valence-electron chi connectivity index (χ0n) is 10.6. The van der Waals surface area contributed by atoms with Crippen molar-refractivity contribution in [2.75, 3.05) is 6.61 Å². The summed E-state index contributed by atoms with van der Waals surface area (Å²) in [5, 5.41) is 19.1. The monoisotopic (exact) mass is 234 g/mol. The molecule has 1 aliphatic rings. The highest BCUT2D eigenvalue weighted by molar-refractivity contribution is 5.41. The van der Waals surface area contributed by atoms with E-state index in [0.717, 1.165) is 24.0 Å². The number of phenolic OH excluding ortho intramolecular Hbond substituents is 1. The molecule has 0 saturated heterocycles. The number of hydrogen-bond acceptors (Lipinski definition) is 2. The lowest BCUT2D eigenvalue weighted by molar-refractivity contribution is 0.297. The summed E-state index contributed by atoms with van der Waals surface area (Å²) in [6.07, 6.45) is 6.79. The van der Waals surface area contributed by atoms with Crippen LogP contribution in [-0.2, 0) is 11.8 Å². The highest BCUT2D eigenvalue weighted by Crippen LogP contribution is 2.42. The van der Waals surface area contributed by atoms with Crippen LogP contribution in [0.3, 0.4) is 0 Å². The molecule has 0 unspecified atom stereocenters. The molecule has 2 heteroatoms. The summed E-state index contributed by atoms with van der Waals surface area (Å²) in [7, 11) is 0. The maximum Gasteiger partial charge on any atom is 0.119 e. The zero-order valence-corrected chi connectivity index (χ0v) is 10.6. The van der Waals surface area contributed by atoms with Crippen molar-refractivity contribution in [1.82, 2.24) is 0 Å². The standard InChI is InChI=1S/C15H22O2/c1-15(8-3-2-4-9-15)13-11-12(7-10-16)5-6-14(13)17/h5-6,11,16-17H,2-4,7-10H2,1H3. The zero-order chi connectivity index (χ0) is 12.3. The molecule has 1 aromatic carbocycles. The van der Waals surface area contributed by atoms with Gasteiger partial charge in [0.1, 0.15) is 5.75 Å². The third-order valence-corrected chi connectivity index (χ3v) is 4.07. The number of aliphatic hydroxyl groups is 1. The number of phenols is 1. The molecule has 1 saturated carbocycles. The molecule has 1 aliphatic carbocycles. The van der Waals surface area contributed by atoms with Gasteiger partial charge in [-0.05, 0) is 36.3 Å². The summed E-state index contributed by atoms with van der Waals surface area (Å²) in [6.45, 7) is 2.42. The average molecular weight is 234 g/mol. The van der Waals surface area contributed by atoms with Gasteiger partial charge in [0.15, 0.2) is 0 Å². The van der Waals surface area contributed by atoms with Crippen LogP contribution in [0.1, 0.15) is 50.2 Å². The lowest BCUT2D eigenvalue weighted by atomic mass is 9.70. The fraction of sp³-hybridized carbons (Fsp3) is 0.600. The van der Waals surface area contributed by atoms with Gasteiger partial charge in [0.05, 0.1) is 0 Å². The first kappa shape index (κ1) is 12.4. The second kappa shape index (κ2) is 5.09. The van der Waals surface area contributed by atoms with Crippen molar-refractivity contribution in [2.45, 2.75) is 50.9 Å². The summed E-state index contributed by atoms with van der Waals surface area (Å²) in [5.74, 6) is 0.413. The van der Waals surface area contributed by atoms with E-state index in [0.29, 0.717) is 12.2 Å². The average Bonchev–Trinajstić information content (AvgIpc) is 2.33. The molecule has 1 fully saturated rings. The summed E-state index contributed by atoms with van der Waals surface area (Å²) in [6, 6.07) is 5.76. The highest BCUT2D eigenvalue weighted by atomic mass is 16.3. The molecule has 0 bridgehead atoms. The predicted octanol–water partition coefficient (Wildman–Crippen LogP) is 3.15. The lowest BCUT2D eigenvalue weighted by Crippen LogP contribution is -2.25.